The van der Waals surface area contributed by atoms with Gasteiger partial charge in [0.2, 0.25) is 0 Å². The van der Waals surface area contributed by atoms with Gasteiger partial charge in [0, 0.05) is 13.2 Å². The SMILES string of the molecule is CCCN(CC)[Si](OCC)(OCC)N(CC)CCC. The molecule has 0 amide bonds. The fourth-order valence-electron chi connectivity index (χ4n) is 2.52. The predicted molar refractivity (Wildman–Crippen MR) is 84.1 cm³/mol. The second-order valence-corrected chi connectivity index (χ2v) is 7.51. The van der Waals surface area contributed by atoms with E-state index in [2.05, 4.69) is 50.7 Å². The van der Waals surface area contributed by atoms with E-state index in [9.17, 15) is 0 Å². The first-order valence-electron chi connectivity index (χ1n) is 7.94. The molecule has 0 fully saturated rings. The van der Waals surface area contributed by atoms with Gasteiger partial charge in [0.15, 0.2) is 0 Å². The molecule has 19 heavy (non-hydrogen) atoms. The van der Waals surface area contributed by atoms with Crippen LogP contribution in [0.2, 0.25) is 0 Å². The lowest BCUT2D eigenvalue weighted by Gasteiger charge is -2.44. The van der Waals surface area contributed by atoms with Crippen LogP contribution < -0.4 is 0 Å². The van der Waals surface area contributed by atoms with Crippen LogP contribution in [0.25, 0.3) is 0 Å². The van der Waals surface area contributed by atoms with Gasteiger partial charge in [-0.05, 0) is 52.9 Å². The van der Waals surface area contributed by atoms with Gasteiger partial charge in [0.1, 0.15) is 0 Å². The lowest BCUT2D eigenvalue weighted by molar-refractivity contribution is 0.0641. The monoisotopic (exact) mass is 290 g/mol. The van der Waals surface area contributed by atoms with Gasteiger partial charge in [0.05, 0.1) is 0 Å². The summed E-state index contributed by atoms with van der Waals surface area (Å²) >= 11 is 0. The van der Waals surface area contributed by atoms with Crippen LogP contribution in [0.15, 0.2) is 0 Å². The van der Waals surface area contributed by atoms with Crippen molar-refractivity contribution < 1.29 is 8.85 Å². The summed E-state index contributed by atoms with van der Waals surface area (Å²) < 4.78 is 17.4. The van der Waals surface area contributed by atoms with Gasteiger partial charge in [0.25, 0.3) is 0 Å². The molecule has 5 heteroatoms. The first-order chi connectivity index (χ1) is 9.16. The standard InChI is InChI=1S/C14H34N2O2Si/c1-7-13-15(9-3)19(17-11-5,18-12-6)16(10-4)14-8-2/h7-14H2,1-6H3. The van der Waals surface area contributed by atoms with Crippen molar-refractivity contribution in [1.82, 2.24) is 9.13 Å². The zero-order valence-corrected chi connectivity index (χ0v) is 14.9. The summed E-state index contributed by atoms with van der Waals surface area (Å²) in [6.07, 6.45) is 2.26. The normalized spacial score (nSPS) is 12.6. The predicted octanol–water partition coefficient (Wildman–Crippen LogP) is 2.96. The maximum absolute atomic E-state index is 6.25. The number of hydrogen-bond acceptors (Lipinski definition) is 4. The van der Waals surface area contributed by atoms with E-state index < -0.39 is 8.88 Å². The van der Waals surface area contributed by atoms with Gasteiger partial charge in [-0.2, -0.15) is 0 Å². The van der Waals surface area contributed by atoms with Gasteiger partial charge >= 0.3 is 8.88 Å². The molecule has 0 rings (SSSR count). The van der Waals surface area contributed by atoms with Crippen molar-refractivity contribution in [1.29, 1.82) is 0 Å². The molecule has 0 aromatic carbocycles. The third-order valence-corrected chi connectivity index (χ3v) is 7.22. The third-order valence-electron chi connectivity index (χ3n) is 3.21. The molecule has 0 aliphatic heterocycles. The Bertz CT molecular complexity index is 196. The Labute approximate surface area is 121 Å². The molecule has 0 unspecified atom stereocenters. The van der Waals surface area contributed by atoms with E-state index in [4.69, 9.17) is 8.85 Å². The molecule has 0 spiro atoms. The van der Waals surface area contributed by atoms with Crippen LogP contribution in [0.1, 0.15) is 54.4 Å². The van der Waals surface area contributed by atoms with Crippen molar-refractivity contribution in [2.24, 2.45) is 0 Å². The van der Waals surface area contributed by atoms with Crippen LogP contribution >= 0.6 is 0 Å². The fourth-order valence-corrected chi connectivity index (χ4v) is 6.30. The highest BCUT2D eigenvalue weighted by atomic mass is 28.4. The molecule has 0 radical (unpaired) electrons. The summed E-state index contributed by atoms with van der Waals surface area (Å²) in [5.41, 5.74) is 0. The smallest absolute Gasteiger partial charge is 0.371 e. The maximum atomic E-state index is 6.25. The summed E-state index contributed by atoms with van der Waals surface area (Å²) in [7, 11) is -2.43. The summed E-state index contributed by atoms with van der Waals surface area (Å²) in [5.74, 6) is 0. The minimum Gasteiger partial charge on any atom is -0.371 e. The second kappa shape index (κ2) is 10.8. The van der Waals surface area contributed by atoms with Gasteiger partial charge in [-0.25, -0.2) is 0 Å². The highest BCUT2D eigenvalue weighted by Crippen LogP contribution is 2.20. The Morgan fingerprint density at radius 3 is 1.26 bits per heavy atom. The van der Waals surface area contributed by atoms with Gasteiger partial charge < -0.3 is 8.85 Å². The first-order valence-corrected chi connectivity index (χ1v) is 9.65. The Balaban J connectivity index is 5.32. The van der Waals surface area contributed by atoms with E-state index in [-0.39, 0.29) is 0 Å². The van der Waals surface area contributed by atoms with Gasteiger partial charge in [-0.3, -0.25) is 9.13 Å². The Morgan fingerprint density at radius 2 is 1.05 bits per heavy atom. The van der Waals surface area contributed by atoms with Crippen LogP contribution in [-0.4, -0.2) is 57.4 Å². The molecule has 0 aliphatic rings. The zero-order valence-electron chi connectivity index (χ0n) is 13.9. The molecule has 0 aromatic heterocycles. The minimum absolute atomic E-state index is 0.715. The van der Waals surface area contributed by atoms with E-state index >= 15 is 0 Å². The third kappa shape index (κ3) is 5.15. The molecule has 0 aliphatic carbocycles. The van der Waals surface area contributed by atoms with Gasteiger partial charge in [-0.15, -0.1) is 0 Å². The molecule has 0 bridgehead atoms. The maximum Gasteiger partial charge on any atom is 0.522 e. The molecular weight excluding hydrogens is 256 g/mol. The van der Waals surface area contributed by atoms with Crippen molar-refractivity contribution in [3.8, 4) is 0 Å². The molecular formula is C14H34N2O2Si. The summed E-state index contributed by atoms with van der Waals surface area (Å²) in [6, 6.07) is 0. The molecule has 4 nitrogen and oxygen atoms in total. The Hall–Kier alpha value is 0.0569. The zero-order chi connectivity index (χ0) is 14.7. The van der Waals surface area contributed by atoms with Crippen LogP contribution in [0, 0.1) is 0 Å². The fraction of sp³-hybridized carbons (Fsp3) is 1.00. The summed E-state index contributed by atoms with van der Waals surface area (Å²) in [4.78, 5) is 0. The average molecular weight is 291 g/mol. The van der Waals surface area contributed by atoms with Crippen LogP contribution in [0.5, 0.6) is 0 Å². The van der Waals surface area contributed by atoms with Crippen LogP contribution in [0.4, 0.5) is 0 Å². The Morgan fingerprint density at radius 1 is 0.684 bits per heavy atom. The van der Waals surface area contributed by atoms with Gasteiger partial charge in [-0.1, -0.05) is 27.7 Å². The van der Waals surface area contributed by atoms with Crippen molar-refractivity contribution in [2.75, 3.05) is 39.4 Å². The van der Waals surface area contributed by atoms with E-state index in [1.807, 2.05) is 0 Å². The molecule has 0 atom stereocenters. The minimum atomic E-state index is -2.43. The van der Waals surface area contributed by atoms with E-state index in [0.717, 1.165) is 39.0 Å². The Kier molecular flexibility index (Phi) is 10.8. The molecule has 0 saturated heterocycles. The average Bonchev–Trinajstić information content (AvgIpc) is 2.41. The van der Waals surface area contributed by atoms with Crippen molar-refractivity contribution in [3.63, 3.8) is 0 Å². The molecule has 0 heterocycles. The number of nitrogens with zero attached hydrogens (tertiary/aromatic N) is 2. The van der Waals surface area contributed by atoms with E-state index in [1.165, 1.54) is 0 Å². The largest absolute Gasteiger partial charge is 0.522 e. The topological polar surface area (TPSA) is 24.9 Å². The molecule has 0 aromatic rings. The quantitative estimate of drug-likeness (QED) is 0.516. The molecule has 0 saturated carbocycles. The van der Waals surface area contributed by atoms with Crippen molar-refractivity contribution in [3.05, 3.63) is 0 Å². The number of hydrogen-bond donors (Lipinski definition) is 0. The molecule has 116 valence electrons. The van der Waals surface area contributed by atoms with Crippen molar-refractivity contribution >= 4 is 8.88 Å². The lowest BCUT2D eigenvalue weighted by atomic mass is 10.5. The van der Waals surface area contributed by atoms with Crippen LogP contribution in [-0.2, 0) is 8.85 Å². The summed E-state index contributed by atoms with van der Waals surface area (Å²) in [5, 5.41) is 0. The highest BCUT2D eigenvalue weighted by molar-refractivity contribution is 6.61. The number of rotatable bonds is 12. The van der Waals surface area contributed by atoms with E-state index in [0.29, 0.717) is 13.2 Å². The van der Waals surface area contributed by atoms with E-state index in [1.54, 1.807) is 0 Å². The molecule has 0 N–H and O–H groups in total. The summed E-state index contributed by atoms with van der Waals surface area (Å²) in [6.45, 7) is 18.5. The van der Waals surface area contributed by atoms with Crippen LogP contribution in [0.3, 0.4) is 0 Å². The highest BCUT2D eigenvalue weighted by Gasteiger charge is 2.49. The van der Waals surface area contributed by atoms with Crippen molar-refractivity contribution in [2.45, 2.75) is 54.4 Å². The second-order valence-electron chi connectivity index (χ2n) is 4.57. The lowest BCUT2D eigenvalue weighted by Crippen LogP contribution is -2.70. The first kappa shape index (κ1) is 19.1.